The van der Waals surface area contributed by atoms with Crippen LogP contribution in [0.4, 0.5) is 5.82 Å². The summed E-state index contributed by atoms with van der Waals surface area (Å²) in [6.45, 7) is 5.25. The Hall–Kier alpha value is -1.14. The molecule has 18 heavy (non-hydrogen) atoms. The first-order valence-corrected chi connectivity index (χ1v) is 6.56. The Balaban J connectivity index is 2.35. The number of nitrogens with zero attached hydrogens (tertiary/aromatic N) is 2. The fraction of sp³-hybridized carbons (Fsp3) is 0.500. The lowest BCUT2D eigenvalue weighted by Crippen LogP contribution is -2.46. The Morgan fingerprint density at radius 1 is 1.50 bits per heavy atom. The zero-order valence-corrected chi connectivity index (χ0v) is 11.8. The summed E-state index contributed by atoms with van der Waals surface area (Å²) in [5, 5.41) is 9.23. The van der Waals surface area contributed by atoms with Crippen LogP contribution in [0.3, 0.4) is 0 Å². The van der Waals surface area contributed by atoms with Crippen LogP contribution >= 0.6 is 15.9 Å². The Labute approximate surface area is 114 Å². The SMILES string of the molecule is CC1CN(c2ncc(Br)cc2C(=O)O)CC(C)O1. The van der Waals surface area contributed by atoms with Crippen molar-refractivity contribution in [2.45, 2.75) is 26.1 Å². The minimum absolute atomic E-state index is 0.0702. The summed E-state index contributed by atoms with van der Waals surface area (Å²) < 4.78 is 6.30. The predicted octanol–water partition coefficient (Wildman–Crippen LogP) is 2.16. The van der Waals surface area contributed by atoms with Gasteiger partial charge in [0.05, 0.1) is 12.2 Å². The van der Waals surface area contributed by atoms with Crippen molar-refractivity contribution in [1.29, 1.82) is 0 Å². The Morgan fingerprint density at radius 2 is 2.11 bits per heavy atom. The highest BCUT2D eigenvalue weighted by atomic mass is 79.9. The minimum atomic E-state index is -0.967. The lowest BCUT2D eigenvalue weighted by atomic mass is 10.2. The van der Waals surface area contributed by atoms with Gasteiger partial charge in [0.2, 0.25) is 0 Å². The van der Waals surface area contributed by atoms with Crippen LogP contribution in [0.15, 0.2) is 16.7 Å². The van der Waals surface area contributed by atoms with Gasteiger partial charge in [-0.1, -0.05) is 0 Å². The van der Waals surface area contributed by atoms with Crippen LogP contribution in [-0.4, -0.2) is 41.4 Å². The van der Waals surface area contributed by atoms with Crippen LogP contribution in [0.2, 0.25) is 0 Å². The number of hydrogen-bond donors (Lipinski definition) is 1. The number of pyridine rings is 1. The van der Waals surface area contributed by atoms with E-state index in [9.17, 15) is 9.90 Å². The van der Waals surface area contributed by atoms with Crippen LogP contribution in [-0.2, 0) is 4.74 Å². The number of carbonyl (C=O) groups is 1. The number of morpholine rings is 1. The summed E-state index contributed by atoms with van der Waals surface area (Å²) in [6, 6.07) is 1.58. The third-order valence-electron chi connectivity index (χ3n) is 2.78. The van der Waals surface area contributed by atoms with Crippen molar-refractivity contribution < 1.29 is 14.6 Å². The molecule has 1 saturated heterocycles. The quantitative estimate of drug-likeness (QED) is 0.906. The van der Waals surface area contributed by atoms with E-state index >= 15 is 0 Å². The van der Waals surface area contributed by atoms with Crippen molar-refractivity contribution in [2.75, 3.05) is 18.0 Å². The number of aromatic nitrogens is 1. The Bertz CT molecular complexity index is 457. The van der Waals surface area contributed by atoms with Gasteiger partial charge in [0, 0.05) is 23.8 Å². The molecule has 1 N–H and O–H groups in total. The molecule has 5 nitrogen and oxygen atoms in total. The van der Waals surface area contributed by atoms with E-state index in [1.165, 1.54) is 0 Å². The summed E-state index contributed by atoms with van der Waals surface area (Å²) in [5.74, 6) is -0.460. The van der Waals surface area contributed by atoms with E-state index in [4.69, 9.17) is 4.74 Å². The van der Waals surface area contributed by atoms with Crippen molar-refractivity contribution in [3.63, 3.8) is 0 Å². The number of aromatic carboxylic acids is 1. The zero-order valence-electron chi connectivity index (χ0n) is 10.3. The molecule has 0 radical (unpaired) electrons. The summed E-state index contributed by atoms with van der Waals surface area (Å²) in [7, 11) is 0. The molecule has 0 saturated carbocycles. The van der Waals surface area contributed by atoms with E-state index < -0.39 is 5.97 Å². The first-order chi connectivity index (χ1) is 8.47. The number of hydrogen-bond acceptors (Lipinski definition) is 4. The summed E-state index contributed by atoms with van der Waals surface area (Å²) in [6.07, 6.45) is 1.76. The second kappa shape index (κ2) is 5.24. The molecule has 0 bridgehead atoms. The molecule has 2 atom stereocenters. The normalized spacial score (nSPS) is 24.1. The summed E-state index contributed by atoms with van der Waals surface area (Å²) >= 11 is 3.24. The molecule has 6 heteroatoms. The molecule has 0 aromatic carbocycles. The number of anilines is 1. The highest BCUT2D eigenvalue weighted by Gasteiger charge is 2.26. The zero-order chi connectivity index (χ0) is 13.3. The summed E-state index contributed by atoms with van der Waals surface area (Å²) in [5.41, 5.74) is 0.214. The van der Waals surface area contributed by atoms with Crippen LogP contribution in [0, 0.1) is 0 Å². The van der Waals surface area contributed by atoms with Gasteiger partial charge in [-0.15, -0.1) is 0 Å². The minimum Gasteiger partial charge on any atom is -0.478 e. The number of rotatable bonds is 2. The van der Waals surface area contributed by atoms with E-state index in [1.807, 2.05) is 18.7 Å². The molecule has 0 aliphatic carbocycles. The number of halogens is 1. The molecule has 1 aliphatic heterocycles. The molecule has 0 amide bonds. The van der Waals surface area contributed by atoms with Gasteiger partial charge in [0.15, 0.2) is 0 Å². The van der Waals surface area contributed by atoms with Crippen molar-refractivity contribution >= 4 is 27.7 Å². The molecule has 1 aliphatic rings. The maximum Gasteiger partial charge on any atom is 0.339 e. The second-order valence-electron chi connectivity index (χ2n) is 4.49. The lowest BCUT2D eigenvalue weighted by molar-refractivity contribution is -0.00556. The predicted molar refractivity (Wildman–Crippen MR) is 71.1 cm³/mol. The molecule has 0 spiro atoms. The molecule has 2 unspecified atom stereocenters. The van der Waals surface area contributed by atoms with E-state index in [-0.39, 0.29) is 17.8 Å². The Kier molecular flexibility index (Phi) is 3.87. The van der Waals surface area contributed by atoms with E-state index in [0.717, 1.165) is 0 Å². The standard InChI is InChI=1S/C12H15BrN2O3/c1-7-5-15(6-8(2)18-7)11-10(12(16)17)3-9(13)4-14-11/h3-4,7-8H,5-6H2,1-2H3,(H,16,17). The lowest BCUT2D eigenvalue weighted by Gasteiger charge is -2.36. The van der Waals surface area contributed by atoms with Gasteiger partial charge in [0.25, 0.3) is 0 Å². The number of carboxylic acid groups (broad SMARTS) is 1. The third-order valence-corrected chi connectivity index (χ3v) is 3.22. The van der Waals surface area contributed by atoms with Gasteiger partial charge in [-0.05, 0) is 35.8 Å². The third kappa shape index (κ3) is 2.81. The van der Waals surface area contributed by atoms with Gasteiger partial charge in [-0.2, -0.15) is 0 Å². The summed E-state index contributed by atoms with van der Waals surface area (Å²) in [4.78, 5) is 17.5. The van der Waals surface area contributed by atoms with Crippen LogP contribution in [0.25, 0.3) is 0 Å². The topological polar surface area (TPSA) is 62.7 Å². The van der Waals surface area contributed by atoms with Crippen molar-refractivity contribution in [3.05, 3.63) is 22.3 Å². The molecule has 2 heterocycles. The molecule has 1 aromatic heterocycles. The average molecular weight is 315 g/mol. The first kappa shape index (κ1) is 13.3. The number of carboxylic acids is 1. The molecule has 1 aromatic rings. The van der Waals surface area contributed by atoms with E-state index in [0.29, 0.717) is 23.4 Å². The molecule has 2 rings (SSSR count). The molecular weight excluding hydrogens is 300 g/mol. The fourth-order valence-corrected chi connectivity index (χ4v) is 2.52. The van der Waals surface area contributed by atoms with Gasteiger partial charge < -0.3 is 14.7 Å². The highest BCUT2D eigenvalue weighted by Crippen LogP contribution is 2.24. The van der Waals surface area contributed by atoms with E-state index in [1.54, 1.807) is 12.3 Å². The first-order valence-electron chi connectivity index (χ1n) is 5.76. The van der Waals surface area contributed by atoms with E-state index in [2.05, 4.69) is 20.9 Å². The molecule has 1 fully saturated rings. The van der Waals surface area contributed by atoms with Gasteiger partial charge in [0.1, 0.15) is 11.4 Å². The van der Waals surface area contributed by atoms with Gasteiger partial charge in [-0.3, -0.25) is 0 Å². The highest BCUT2D eigenvalue weighted by molar-refractivity contribution is 9.10. The monoisotopic (exact) mass is 314 g/mol. The maximum atomic E-state index is 11.3. The fourth-order valence-electron chi connectivity index (χ4n) is 2.19. The van der Waals surface area contributed by atoms with Crippen molar-refractivity contribution in [3.8, 4) is 0 Å². The smallest absolute Gasteiger partial charge is 0.339 e. The number of ether oxygens (including phenoxy) is 1. The van der Waals surface area contributed by atoms with Gasteiger partial charge >= 0.3 is 5.97 Å². The van der Waals surface area contributed by atoms with Crippen LogP contribution in [0.1, 0.15) is 24.2 Å². The van der Waals surface area contributed by atoms with Crippen molar-refractivity contribution in [1.82, 2.24) is 4.98 Å². The molecule has 98 valence electrons. The Morgan fingerprint density at radius 3 is 2.67 bits per heavy atom. The second-order valence-corrected chi connectivity index (χ2v) is 5.41. The molecular formula is C12H15BrN2O3. The largest absolute Gasteiger partial charge is 0.478 e. The maximum absolute atomic E-state index is 11.3. The van der Waals surface area contributed by atoms with Crippen molar-refractivity contribution in [2.24, 2.45) is 0 Å². The average Bonchev–Trinajstić information content (AvgIpc) is 2.27. The van der Waals surface area contributed by atoms with Crippen LogP contribution in [0.5, 0.6) is 0 Å². The van der Waals surface area contributed by atoms with Gasteiger partial charge in [-0.25, -0.2) is 9.78 Å². The van der Waals surface area contributed by atoms with Crippen LogP contribution < -0.4 is 4.90 Å².